The first-order chi connectivity index (χ1) is 11.7. The standard InChI is InChI=1S/C18H26N6/c1-22-5-7-23(8-6-22)18-4-2-3-17(21-18)15-12-20-24(13-15)16-9-14(10-16)11-19/h2-4,12-14,16H,5-11,19H2,1H3/t14-,16-. The highest BCUT2D eigenvalue weighted by Gasteiger charge is 2.29. The van der Waals surface area contributed by atoms with Gasteiger partial charge in [-0.1, -0.05) is 6.07 Å². The zero-order valence-corrected chi connectivity index (χ0v) is 14.3. The van der Waals surface area contributed by atoms with Crippen LogP contribution in [0.3, 0.4) is 0 Å². The van der Waals surface area contributed by atoms with Gasteiger partial charge in [0.05, 0.1) is 17.9 Å². The lowest BCUT2D eigenvalue weighted by atomic mass is 9.80. The largest absolute Gasteiger partial charge is 0.354 e. The van der Waals surface area contributed by atoms with E-state index in [1.165, 1.54) is 0 Å². The van der Waals surface area contributed by atoms with Gasteiger partial charge < -0.3 is 15.5 Å². The lowest BCUT2D eigenvalue weighted by Gasteiger charge is -2.34. The number of hydrogen-bond donors (Lipinski definition) is 1. The summed E-state index contributed by atoms with van der Waals surface area (Å²) in [5.41, 5.74) is 7.83. The number of nitrogens with two attached hydrogens (primary N) is 1. The van der Waals surface area contributed by atoms with Gasteiger partial charge in [0, 0.05) is 37.9 Å². The molecule has 1 aliphatic carbocycles. The summed E-state index contributed by atoms with van der Waals surface area (Å²) in [6.45, 7) is 5.05. The molecule has 1 aliphatic heterocycles. The molecule has 0 spiro atoms. The molecule has 2 aromatic rings. The third-order valence-corrected chi connectivity index (χ3v) is 5.38. The highest BCUT2D eigenvalue weighted by Crippen LogP contribution is 2.37. The molecule has 1 saturated heterocycles. The second kappa shape index (κ2) is 6.53. The first-order valence-corrected chi connectivity index (χ1v) is 8.88. The van der Waals surface area contributed by atoms with E-state index in [2.05, 4.69) is 51.0 Å². The fraction of sp³-hybridized carbons (Fsp3) is 0.556. The van der Waals surface area contributed by atoms with Gasteiger partial charge in [-0.25, -0.2) is 4.98 Å². The molecule has 0 atom stereocenters. The molecular weight excluding hydrogens is 300 g/mol. The Balaban J connectivity index is 1.48. The average Bonchev–Trinajstić information content (AvgIpc) is 3.04. The van der Waals surface area contributed by atoms with Crippen molar-refractivity contribution >= 4 is 5.82 Å². The predicted molar refractivity (Wildman–Crippen MR) is 96.0 cm³/mol. The highest BCUT2D eigenvalue weighted by atomic mass is 15.3. The monoisotopic (exact) mass is 326 g/mol. The summed E-state index contributed by atoms with van der Waals surface area (Å²) in [5, 5.41) is 4.55. The molecule has 2 aromatic heterocycles. The second-order valence-corrected chi connectivity index (χ2v) is 7.11. The number of hydrogen-bond acceptors (Lipinski definition) is 5. The van der Waals surface area contributed by atoms with Crippen molar-refractivity contribution < 1.29 is 0 Å². The van der Waals surface area contributed by atoms with Crippen LogP contribution in [0, 0.1) is 5.92 Å². The van der Waals surface area contributed by atoms with Crippen molar-refractivity contribution in [2.75, 3.05) is 44.7 Å². The molecule has 0 amide bonds. The number of anilines is 1. The van der Waals surface area contributed by atoms with Gasteiger partial charge in [-0.3, -0.25) is 4.68 Å². The van der Waals surface area contributed by atoms with Crippen molar-refractivity contribution in [2.45, 2.75) is 18.9 Å². The number of piperazine rings is 1. The maximum Gasteiger partial charge on any atom is 0.129 e. The van der Waals surface area contributed by atoms with E-state index in [-0.39, 0.29) is 0 Å². The van der Waals surface area contributed by atoms with E-state index in [1.54, 1.807) is 0 Å². The maximum atomic E-state index is 5.72. The number of nitrogens with zero attached hydrogens (tertiary/aromatic N) is 5. The molecule has 6 nitrogen and oxygen atoms in total. The molecule has 0 radical (unpaired) electrons. The zero-order chi connectivity index (χ0) is 16.5. The van der Waals surface area contributed by atoms with E-state index in [4.69, 9.17) is 10.7 Å². The van der Waals surface area contributed by atoms with E-state index in [1.807, 2.05) is 6.20 Å². The minimum atomic E-state index is 0.508. The molecule has 1 saturated carbocycles. The van der Waals surface area contributed by atoms with Gasteiger partial charge >= 0.3 is 0 Å². The molecule has 6 heteroatoms. The van der Waals surface area contributed by atoms with Crippen LogP contribution in [0.1, 0.15) is 18.9 Å². The molecule has 2 fully saturated rings. The first-order valence-electron chi connectivity index (χ1n) is 8.88. The van der Waals surface area contributed by atoms with E-state index in [0.29, 0.717) is 12.0 Å². The molecule has 24 heavy (non-hydrogen) atoms. The fourth-order valence-electron chi connectivity index (χ4n) is 3.57. The van der Waals surface area contributed by atoms with Gasteiger partial charge in [0.1, 0.15) is 5.82 Å². The topological polar surface area (TPSA) is 63.2 Å². The number of likely N-dealkylation sites (N-methyl/N-ethyl adjacent to an activating group) is 1. The van der Waals surface area contributed by atoms with Gasteiger partial charge in [0.25, 0.3) is 0 Å². The summed E-state index contributed by atoms with van der Waals surface area (Å²) >= 11 is 0. The zero-order valence-electron chi connectivity index (χ0n) is 14.3. The molecule has 128 valence electrons. The molecule has 2 N–H and O–H groups in total. The fourth-order valence-corrected chi connectivity index (χ4v) is 3.57. The number of pyridine rings is 1. The van der Waals surface area contributed by atoms with Crippen LogP contribution in [-0.2, 0) is 0 Å². The molecule has 2 aliphatic rings. The van der Waals surface area contributed by atoms with Crippen molar-refractivity contribution in [3.05, 3.63) is 30.6 Å². The Morgan fingerprint density at radius 3 is 2.71 bits per heavy atom. The van der Waals surface area contributed by atoms with Crippen molar-refractivity contribution in [3.63, 3.8) is 0 Å². The summed E-state index contributed by atoms with van der Waals surface area (Å²) in [7, 11) is 2.17. The molecule has 0 unspecified atom stereocenters. The van der Waals surface area contributed by atoms with Crippen LogP contribution in [0.25, 0.3) is 11.3 Å². The average molecular weight is 326 g/mol. The van der Waals surface area contributed by atoms with Gasteiger partial charge in [0.15, 0.2) is 0 Å². The highest BCUT2D eigenvalue weighted by molar-refractivity contribution is 5.60. The normalized spacial score (nSPS) is 24.8. The van der Waals surface area contributed by atoms with Crippen molar-refractivity contribution in [2.24, 2.45) is 11.7 Å². The van der Waals surface area contributed by atoms with Crippen LogP contribution in [-0.4, -0.2) is 59.4 Å². The van der Waals surface area contributed by atoms with Crippen molar-refractivity contribution in [1.29, 1.82) is 0 Å². The van der Waals surface area contributed by atoms with E-state index < -0.39 is 0 Å². The summed E-state index contributed by atoms with van der Waals surface area (Å²) in [5.74, 6) is 1.74. The van der Waals surface area contributed by atoms with E-state index >= 15 is 0 Å². The second-order valence-electron chi connectivity index (χ2n) is 7.11. The third-order valence-electron chi connectivity index (χ3n) is 5.38. The Bertz CT molecular complexity index is 682. The summed E-state index contributed by atoms with van der Waals surface area (Å²) in [6, 6.07) is 6.79. The van der Waals surface area contributed by atoms with Gasteiger partial charge in [-0.2, -0.15) is 5.10 Å². The van der Waals surface area contributed by atoms with Gasteiger partial charge in [-0.15, -0.1) is 0 Å². The van der Waals surface area contributed by atoms with Crippen LogP contribution in [0.2, 0.25) is 0 Å². The predicted octanol–water partition coefficient (Wildman–Crippen LogP) is 1.61. The van der Waals surface area contributed by atoms with Crippen LogP contribution in [0.4, 0.5) is 5.82 Å². The minimum Gasteiger partial charge on any atom is -0.354 e. The van der Waals surface area contributed by atoms with Crippen LogP contribution in [0.5, 0.6) is 0 Å². The molecule has 4 rings (SSSR count). The lowest BCUT2D eigenvalue weighted by Crippen LogP contribution is -2.44. The van der Waals surface area contributed by atoms with Gasteiger partial charge in [-0.05, 0) is 44.5 Å². The third kappa shape index (κ3) is 3.03. The van der Waals surface area contributed by atoms with Crippen LogP contribution in [0.15, 0.2) is 30.6 Å². The first kappa shape index (κ1) is 15.6. The lowest BCUT2D eigenvalue weighted by molar-refractivity contribution is 0.190. The van der Waals surface area contributed by atoms with E-state index in [9.17, 15) is 0 Å². The molecular formula is C18H26N6. The summed E-state index contributed by atoms with van der Waals surface area (Å²) < 4.78 is 2.09. The Morgan fingerprint density at radius 1 is 1.17 bits per heavy atom. The van der Waals surface area contributed by atoms with Crippen molar-refractivity contribution in [3.8, 4) is 11.3 Å². The summed E-state index contributed by atoms with van der Waals surface area (Å²) in [4.78, 5) is 9.60. The number of rotatable bonds is 4. The molecule has 0 bridgehead atoms. The minimum absolute atomic E-state index is 0.508. The maximum absolute atomic E-state index is 5.72. The molecule has 0 aromatic carbocycles. The Labute approximate surface area is 143 Å². The quantitative estimate of drug-likeness (QED) is 0.925. The SMILES string of the molecule is CN1CCN(c2cccc(-c3cnn([C@H]4C[C@H](CN)C4)c3)n2)CC1. The Hall–Kier alpha value is -1.92. The van der Waals surface area contributed by atoms with Gasteiger partial charge in [0.2, 0.25) is 0 Å². The smallest absolute Gasteiger partial charge is 0.129 e. The van der Waals surface area contributed by atoms with E-state index in [0.717, 1.165) is 62.6 Å². The van der Waals surface area contributed by atoms with Crippen molar-refractivity contribution in [1.82, 2.24) is 19.7 Å². The van der Waals surface area contributed by atoms with Crippen LogP contribution >= 0.6 is 0 Å². The Kier molecular flexibility index (Phi) is 4.24. The number of aromatic nitrogens is 3. The Morgan fingerprint density at radius 2 is 1.96 bits per heavy atom. The molecule has 3 heterocycles. The van der Waals surface area contributed by atoms with Crippen LogP contribution < -0.4 is 10.6 Å². The summed E-state index contributed by atoms with van der Waals surface area (Å²) in [6.07, 6.45) is 6.36.